The highest BCUT2D eigenvalue weighted by atomic mass is 32.2. The van der Waals surface area contributed by atoms with Gasteiger partial charge in [0.2, 0.25) is 15.9 Å². The van der Waals surface area contributed by atoms with Gasteiger partial charge in [0, 0.05) is 12.2 Å². The summed E-state index contributed by atoms with van der Waals surface area (Å²) in [7, 11) is -3.76. The average Bonchev–Trinajstić information content (AvgIpc) is 2.39. The maximum Gasteiger partial charge on any atom is 0.238 e. The summed E-state index contributed by atoms with van der Waals surface area (Å²) in [5.41, 5.74) is -0.0381. The molecule has 7 heteroatoms. The van der Waals surface area contributed by atoms with Crippen molar-refractivity contribution in [2.45, 2.75) is 24.7 Å². The smallest absolute Gasteiger partial charge is 0.238 e. The molecule has 20 heavy (non-hydrogen) atoms. The zero-order chi connectivity index (χ0) is 14.8. The SMILES string of the molecule is CC1(C(=O)Nc2cccc(S(N)(=O)=O)c2)CCCNC1. The van der Waals surface area contributed by atoms with Gasteiger partial charge in [0.25, 0.3) is 0 Å². The molecule has 1 heterocycles. The molecule has 1 unspecified atom stereocenters. The normalized spacial score (nSPS) is 23.3. The predicted octanol–water partition coefficient (Wildman–Crippen LogP) is 0.662. The molecule has 1 aliphatic rings. The van der Waals surface area contributed by atoms with Gasteiger partial charge in [-0.05, 0) is 44.5 Å². The second-order valence-electron chi connectivity index (χ2n) is 5.37. The van der Waals surface area contributed by atoms with Crippen LogP contribution in [0.25, 0.3) is 0 Å². The van der Waals surface area contributed by atoms with E-state index in [1.54, 1.807) is 12.1 Å². The first-order chi connectivity index (χ1) is 9.31. The maximum absolute atomic E-state index is 12.3. The summed E-state index contributed by atoms with van der Waals surface area (Å²) in [4.78, 5) is 12.3. The topological polar surface area (TPSA) is 101 Å². The Morgan fingerprint density at radius 1 is 1.45 bits per heavy atom. The molecule has 0 aromatic heterocycles. The van der Waals surface area contributed by atoms with Gasteiger partial charge in [0.1, 0.15) is 0 Å². The summed E-state index contributed by atoms with van der Waals surface area (Å²) in [6, 6.07) is 5.96. The van der Waals surface area contributed by atoms with Crippen molar-refractivity contribution in [3.8, 4) is 0 Å². The lowest BCUT2D eigenvalue weighted by Gasteiger charge is -2.32. The molecule has 1 aromatic rings. The molecule has 0 saturated carbocycles. The number of sulfonamides is 1. The van der Waals surface area contributed by atoms with E-state index >= 15 is 0 Å². The van der Waals surface area contributed by atoms with Crippen molar-refractivity contribution in [3.63, 3.8) is 0 Å². The number of carbonyl (C=O) groups excluding carboxylic acids is 1. The number of anilines is 1. The van der Waals surface area contributed by atoms with Crippen LogP contribution in [-0.2, 0) is 14.8 Å². The minimum Gasteiger partial charge on any atom is -0.326 e. The van der Waals surface area contributed by atoms with Crippen molar-refractivity contribution in [2.24, 2.45) is 10.6 Å². The molecule has 1 atom stereocenters. The molecule has 4 N–H and O–H groups in total. The highest BCUT2D eigenvalue weighted by molar-refractivity contribution is 7.89. The molecular weight excluding hydrogens is 278 g/mol. The van der Waals surface area contributed by atoms with Gasteiger partial charge >= 0.3 is 0 Å². The fourth-order valence-corrected chi connectivity index (χ4v) is 2.84. The van der Waals surface area contributed by atoms with E-state index in [4.69, 9.17) is 5.14 Å². The number of carbonyl (C=O) groups is 1. The number of amides is 1. The summed E-state index contributed by atoms with van der Waals surface area (Å²) < 4.78 is 22.6. The van der Waals surface area contributed by atoms with E-state index < -0.39 is 15.4 Å². The number of hydrogen-bond acceptors (Lipinski definition) is 4. The van der Waals surface area contributed by atoms with Crippen molar-refractivity contribution < 1.29 is 13.2 Å². The lowest BCUT2D eigenvalue weighted by molar-refractivity contribution is -0.125. The fourth-order valence-electron chi connectivity index (χ4n) is 2.28. The van der Waals surface area contributed by atoms with E-state index in [1.807, 2.05) is 6.92 Å². The van der Waals surface area contributed by atoms with Crippen LogP contribution >= 0.6 is 0 Å². The number of hydrogen-bond donors (Lipinski definition) is 3. The van der Waals surface area contributed by atoms with Crippen LogP contribution in [0.1, 0.15) is 19.8 Å². The molecule has 110 valence electrons. The molecule has 0 bridgehead atoms. The van der Waals surface area contributed by atoms with Crippen LogP contribution in [0.3, 0.4) is 0 Å². The Balaban J connectivity index is 2.16. The van der Waals surface area contributed by atoms with Crippen molar-refractivity contribution in [1.82, 2.24) is 5.32 Å². The summed E-state index contributed by atoms with van der Waals surface area (Å²) >= 11 is 0. The first-order valence-corrected chi connectivity index (χ1v) is 8.01. The van der Waals surface area contributed by atoms with Gasteiger partial charge in [0.05, 0.1) is 10.3 Å². The number of nitrogens with two attached hydrogens (primary N) is 1. The number of primary sulfonamides is 1. The first kappa shape index (κ1) is 15.0. The van der Waals surface area contributed by atoms with Crippen molar-refractivity contribution in [1.29, 1.82) is 0 Å². The molecule has 1 aromatic carbocycles. The van der Waals surface area contributed by atoms with Gasteiger partial charge in [-0.1, -0.05) is 6.07 Å². The van der Waals surface area contributed by atoms with Gasteiger partial charge in [-0.3, -0.25) is 4.79 Å². The van der Waals surface area contributed by atoms with Crippen LogP contribution in [-0.4, -0.2) is 27.4 Å². The lowest BCUT2D eigenvalue weighted by atomic mass is 9.82. The van der Waals surface area contributed by atoms with E-state index in [0.717, 1.165) is 19.4 Å². The summed E-state index contributed by atoms with van der Waals surface area (Å²) in [6.45, 7) is 3.44. The zero-order valence-electron chi connectivity index (χ0n) is 11.3. The number of piperidine rings is 1. The Hall–Kier alpha value is -1.44. The van der Waals surface area contributed by atoms with Crippen LogP contribution in [0.5, 0.6) is 0 Å². The van der Waals surface area contributed by atoms with E-state index in [1.165, 1.54) is 12.1 Å². The van der Waals surface area contributed by atoms with E-state index in [0.29, 0.717) is 12.2 Å². The van der Waals surface area contributed by atoms with E-state index in [2.05, 4.69) is 10.6 Å². The lowest BCUT2D eigenvalue weighted by Crippen LogP contribution is -2.46. The molecule has 0 aliphatic carbocycles. The Bertz CT molecular complexity index is 607. The van der Waals surface area contributed by atoms with Gasteiger partial charge in [0.15, 0.2) is 0 Å². The standard InChI is InChI=1S/C13H19N3O3S/c1-13(6-3-7-15-9-13)12(17)16-10-4-2-5-11(8-10)20(14,18)19/h2,4-5,8,15H,3,6-7,9H2,1H3,(H,16,17)(H2,14,18,19). The third-order valence-corrected chi connectivity index (χ3v) is 4.48. The summed E-state index contributed by atoms with van der Waals surface area (Å²) in [5.74, 6) is -0.115. The molecule has 0 spiro atoms. The van der Waals surface area contributed by atoms with Crippen LogP contribution in [0.15, 0.2) is 29.2 Å². The largest absolute Gasteiger partial charge is 0.326 e. The minimum absolute atomic E-state index is 0.0118. The van der Waals surface area contributed by atoms with E-state index in [9.17, 15) is 13.2 Å². The van der Waals surface area contributed by atoms with Gasteiger partial charge in [-0.2, -0.15) is 0 Å². The second-order valence-corrected chi connectivity index (χ2v) is 6.93. The number of nitrogens with one attached hydrogen (secondary N) is 2. The Morgan fingerprint density at radius 3 is 2.80 bits per heavy atom. The highest BCUT2D eigenvalue weighted by Crippen LogP contribution is 2.27. The van der Waals surface area contributed by atoms with Crippen molar-refractivity contribution in [3.05, 3.63) is 24.3 Å². The van der Waals surface area contributed by atoms with Gasteiger partial charge in [-0.25, -0.2) is 13.6 Å². The Labute approximate surface area is 118 Å². The summed E-state index contributed by atoms with van der Waals surface area (Å²) in [5, 5.41) is 11.0. The molecule has 2 rings (SSSR count). The maximum atomic E-state index is 12.3. The third-order valence-electron chi connectivity index (χ3n) is 3.57. The fraction of sp³-hybridized carbons (Fsp3) is 0.462. The van der Waals surface area contributed by atoms with Crippen LogP contribution in [0.4, 0.5) is 5.69 Å². The minimum atomic E-state index is -3.76. The van der Waals surface area contributed by atoms with Crippen molar-refractivity contribution >= 4 is 21.6 Å². The monoisotopic (exact) mass is 297 g/mol. The molecular formula is C13H19N3O3S. The zero-order valence-corrected chi connectivity index (χ0v) is 12.2. The summed E-state index contributed by atoms with van der Waals surface area (Å²) in [6.07, 6.45) is 1.75. The molecule has 6 nitrogen and oxygen atoms in total. The van der Waals surface area contributed by atoms with Crippen LogP contribution < -0.4 is 15.8 Å². The van der Waals surface area contributed by atoms with Crippen LogP contribution in [0, 0.1) is 5.41 Å². The molecule has 1 amide bonds. The average molecular weight is 297 g/mol. The second kappa shape index (κ2) is 5.51. The third kappa shape index (κ3) is 3.36. The van der Waals surface area contributed by atoms with Gasteiger partial charge < -0.3 is 10.6 Å². The number of benzene rings is 1. The Kier molecular flexibility index (Phi) is 4.12. The molecule has 1 aliphatic heterocycles. The van der Waals surface area contributed by atoms with Crippen LogP contribution in [0.2, 0.25) is 0 Å². The van der Waals surface area contributed by atoms with Crippen molar-refractivity contribution in [2.75, 3.05) is 18.4 Å². The first-order valence-electron chi connectivity index (χ1n) is 6.46. The predicted molar refractivity (Wildman–Crippen MR) is 76.7 cm³/mol. The quantitative estimate of drug-likeness (QED) is 0.763. The highest BCUT2D eigenvalue weighted by Gasteiger charge is 2.34. The van der Waals surface area contributed by atoms with E-state index in [-0.39, 0.29) is 10.8 Å². The molecule has 1 fully saturated rings. The number of rotatable bonds is 3. The molecule has 1 saturated heterocycles. The Morgan fingerprint density at radius 2 is 2.20 bits per heavy atom. The molecule has 0 radical (unpaired) electrons. The van der Waals surface area contributed by atoms with Gasteiger partial charge in [-0.15, -0.1) is 0 Å².